The molecule has 0 bridgehead atoms. The van der Waals surface area contributed by atoms with Crippen LogP contribution in [0.2, 0.25) is 0 Å². The number of nitrogens with one attached hydrogen (secondary N) is 1. The summed E-state index contributed by atoms with van der Waals surface area (Å²) in [7, 11) is 3.85. The fourth-order valence-electron chi connectivity index (χ4n) is 3.85. The molecular weight excluding hydrogens is 258 g/mol. The Morgan fingerprint density at radius 3 is 2.62 bits per heavy atom. The molecule has 1 fully saturated rings. The van der Waals surface area contributed by atoms with Crippen molar-refractivity contribution in [3.63, 3.8) is 0 Å². The zero-order valence-corrected chi connectivity index (χ0v) is 13.9. The molecule has 0 amide bonds. The Morgan fingerprint density at radius 1 is 1.24 bits per heavy atom. The van der Waals surface area contributed by atoms with E-state index in [1.807, 2.05) is 6.07 Å². The van der Waals surface area contributed by atoms with Crippen molar-refractivity contribution < 1.29 is 4.74 Å². The first-order valence-electron chi connectivity index (χ1n) is 8.57. The van der Waals surface area contributed by atoms with Gasteiger partial charge < -0.3 is 10.1 Å². The van der Waals surface area contributed by atoms with E-state index >= 15 is 0 Å². The van der Waals surface area contributed by atoms with Crippen molar-refractivity contribution in [3.05, 3.63) is 29.8 Å². The Labute approximate surface area is 130 Å². The third kappa shape index (κ3) is 4.74. The number of hydrogen-bond donors (Lipinski definition) is 1. The number of likely N-dealkylation sites (N-methyl/N-ethyl adjacent to an activating group) is 1. The lowest BCUT2D eigenvalue weighted by atomic mass is 9.76. The van der Waals surface area contributed by atoms with Gasteiger partial charge in [-0.3, -0.25) is 0 Å². The van der Waals surface area contributed by atoms with Crippen LogP contribution in [0.5, 0.6) is 5.75 Å². The van der Waals surface area contributed by atoms with Crippen LogP contribution in [0, 0.1) is 11.8 Å². The molecule has 1 unspecified atom stereocenters. The Kier molecular flexibility index (Phi) is 6.56. The molecule has 0 radical (unpaired) electrons. The highest BCUT2D eigenvalue weighted by Gasteiger charge is 2.26. The van der Waals surface area contributed by atoms with Crippen LogP contribution in [0.25, 0.3) is 0 Å². The van der Waals surface area contributed by atoms with Crippen LogP contribution in [0.3, 0.4) is 0 Å². The van der Waals surface area contributed by atoms with Crippen LogP contribution >= 0.6 is 0 Å². The van der Waals surface area contributed by atoms with Crippen molar-refractivity contribution in [1.82, 2.24) is 5.32 Å². The highest BCUT2D eigenvalue weighted by atomic mass is 16.5. The molecule has 1 N–H and O–H groups in total. The van der Waals surface area contributed by atoms with Gasteiger partial charge in [0.05, 0.1) is 7.11 Å². The quantitative estimate of drug-likeness (QED) is 0.801. The summed E-state index contributed by atoms with van der Waals surface area (Å²) in [4.78, 5) is 0. The Hall–Kier alpha value is -1.02. The largest absolute Gasteiger partial charge is 0.497 e. The number of hydrogen-bond acceptors (Lipinski definition) is 2. The number of benzene rings is 1. The molecule has 2 rings (SSSR count). The highest BCUT2D eigenvalue weighted by molar-refractivity contribution is 5.29. The van der Waals surface area contributed by atoms with Crippen LogP contribution in [-0.2, 0) is 6.42 Å². The third-order valence-electron chi connectivity index (χ3n) is 5.12. The minimum Gasteiger partial charge on any atom is -0.497 e. The molecule has 0 aliphatic heterocycles. The fraction of sp³-hybridized carbons (Fsp3) is 0.684. The zero-order chi connectivity index (χ0) is 15.1. The van der Waals surface area contributed by atoms with Crippen molar-refractivity contribution in [2.24, 2.45) is 11.8 Å². The van der Waals surface area contributed by atoms with Crippen molar-refractivity contribution in [1.29, 1.82) is 0 Å². The van der Waals surface area contributed by atoms with Gasteiger partial charge in [0.2, 0.25) is 0 Å². The molecule has 1 atom stereocenters. The number of ether oxygens (including phenoxy) is 1. The number of rotatable bonds is 7. The summed E-state index contributed by atoms with van der Waals surface area (Å²) in [5.41, 5.74) is 1.38. The van der Waals surface area contributed by atoms with Crippen molar-refractivity contribution in [2.45, 2.75) is 57.9 Å². The van der Waals surface area contributed by atoms with Crippen LogP contribution in [0.4, 0.5) is 0 Å². The van der Waals surface area contributed by atoms with Gasteiger partial charge in [0.1, 0.15) is 5.75 Å². The minimum absolute atomic E-state index is 0.597. The maximum Gasteiger partial charge on any atom is 0.119 e. The summed E-state index contributed by atoms with van der Waals surface area (Å²) in [6, 6.07) is 9.11. The van der Waals surface area contributed by atoms with E-state index in [0.29, 0.717) is 6.04 Å². The van der Waals surface area contributed by atoms with Gasteiger partial charge in [0, 0.05) is 6.04 Å². The van der Waals surface area contributed by atoms with Crippen LogP contribution in [-0.4, -0.2) is 20.2 Å². The van der Waals surface area contributed by atoms with Gasteiger partial charge in [-0.25, -0.2) is 0 Å². The van der Waals surface area contributed by atoms with Gasteiger partial charge in [-0.1, -0.05) is 44.7 Å². The molecule has 1 aromatic rings. The molecule has 1 saturated carbocycles. The summed E-state index contributed by atoms with van der Waals surface area (Å²) in [5.74, 6) is 2.78. The zero-order valence-electron chi connectivity index (χ0n) is 13.9. The second-order valence-electron chi connectivity index (χ2n) is 6.52. The molecule has 1 aromatic carbocycles. The second kappa shape index (κ2) is 8.43. The average Bonchev–Trinajstić information content (AvgIpc) is 2.54. The smallest absolute Gasteiger partial charge is 0.119 e. The molecular formula is C19H31NO. The predicted molar refractivity (Wildman–Crippen MR) is 89.9 cm³/mol. The first-order chi connectivity index (χ1) is 10.3. The standard InChI is InChI=1S/C19H31NO/c1-4-6-15-9-11-17(12-10-15)19(20-2)14-16-7-5-8-18(13-16)21-3/h5,7-8,13,15,17,19-20H,4,6,9-12,14H2,1-3H3. The van der Waals surface area contributed by atoms with Gasteiger partial charge >= 0.3 is 0 Å². The molecule has 0 saturated heterocycles. The predicted octanol–water partition coefficient (Wildman–Crippen LogP) is 4.43. The summed E-state index contributed by atoms with van der Waals surface area (Å²) < 4.78 is 5.34. The van der Waals surface area contributed by atoms with E-state index in [2.05, 4.69) is 37.5 Å². The van der Waals surface area contributed by atoms with Crippen LogP contribution < -0.4 is 10.1 Å². The first kappa shape index (κ1) is 16.4. The molecule has 0 spiro atoms. The lowest BCUT2D eigenvalue weighted by molar-refractivity contribution is 0.217. The molecule has 2 nitrogen and oxygen atoms in total. The maximum atomic E-state index is 5.34. The van der Waals surface area contributed by atoms with Gasteiger partial charge in [-0.05, 0) is 55.8 Å². The Bertz CT molecular complexity index is 410. The first-order valence-corrected chi connectivity index (χ1v) is 8.57. The molecule has 2 heteroatoms. The average molecular weight is 289 g/mol. The maximum absolute atomic E-state index is 5.34. The Morgan fingerprint density at radius 2 is 2.00 bits per heavy atom. The van der Waals surface area contributed by atoms with E-state index in [1.165, 1.54) is 44.1 Å². The van der Waals surface area contributed by atoms with Crippen molar-refractivity contribution in [2.75, 3.05) is 14.2 Å². The second-order valence-corrected chi connectivity index (χ2v) is 6.52. The van der Waals surface area contributed by atoms with E-state index in [-0.39, 0.29) is 0 Å². The molecule has 21 heavy (non-hydrogen) atoms. The van der Waals surface area contributed by atoms with Gasteiger partial charge in [0.15, 0.2) is 0 Å². The van der Waals surface area contributed by atoms with Crippen LogP contribution in [0.1, 0.15) is 51.0 Å². The van der Waals surface area contributed by atoms with E-state index < -0.39 is 0 Å². The van der Waals surface area contributed by atoms with E-state index in [4.69, 9.17) is 4.74 Å². The topological polar surface area (TPSA) is 21.3 Å². The summed E-state index contributed by atoms with van der Waals surface area (Å²) in [6.07, 6.45) is 9.50. The third-order valence-corrected chi connectivity index (χ3v) is 5.12. The Balaban J connectivity index is 1.91. The van der Waals surface area contributed by atoms with Crippen LogP contribution in [0.15, 0.2) is 24.3 Å². The molecule has 1 aliphatic carbocycles. The lowest BCUT2D eigenvalue weighted by Crippen LogP contribution is -2.37. The molecule has 1 aliphatic rings. The lowest BCUT2D eigenvalue weighted by Gasteiger charge is -2.34. The summed E-state index contributed by atoms with van der Waals surface area (Å²) in [6.45, 7) is 2.31. The number of methoxy groups -OCH3 is 1. The minimum atomic E-state index is 0.597. The molecule has 0 heterocycles. The monoisotopic (exact) mass is 289 g/mol. The highest BCUT2D eigenvalue weighted by Crippen LogP contribution is 2.34. The SMILES string of the molecule is CCCC1CCC(C(Cc2cccc(OC)c2)NC)CC1. The van der Waals surface area contributed by atoms with Gasteiger partial charge in [0.25, 0.3) is 0 Å². The summed E-state index contributed by atoms with van der Waals surface area (Å²) >= 11 is 0. The normalized spacial score (nSPS) is 23.8. The van der Waals surface area contributed by atoms with Gasteiger partial charge in [-0.2, -0.15) is 0 Å². The fourth-order valence-corrected chi connectivity index (χ4v) is 3.85. The molecule has 0 aromatic heterocycles. The van der Waals surface area contributed by atoms with E-state index in [0.717, 1.165) is 24.0 Å². The van der Waals surface area contributed by atoms with Crippen molar-refractivity contribution in [3.8, 4) is 5.75 Å². The van der Waals surface area contributed by atoms with E-state index in [9.17, 15) is 0 Å². The van der Waals surface area contributed by atoms with E-state index in [1.54, 1.807) is 7.11 Å². The van der Waals surface area contributed by atoms with Crippen molar-refractivity contribution >= 4 is 0 Å². The molecule has 118 valence electrons. The van der Waals surface area contributed by atoms with Gasteiger partial charge in [-0.15, -0.1) is 0 Å². The summed E-state index contributed by atoms with van der Waals surface area (Å²) in [5, 5.41) is 3.56.